The number of carbonyl (C=O) groups is 2. The van der Waals surface area contributed by atoms with E-state index < -0.39 is 27.3 Å². The van der Waals surface area contributed by atoms with E-state index in [1.54, 1.807) is 31.3 Å². The first-order valence-corrected chi connectivity index (χ1v) is 11.2. The van der Waals surface area contributed by atoms with Gasteiger partial charge in [0, 0.05) is 36.8 Å². The van der Waals surface area contributed by atoms with Crippen molar-refractivity contribution in [2.45, 2.75) is 24.2 Å². The highest BCUT2D eigenvalue weighted by atomic mass is 32.2. The normalized spacial score (nSPS) is 22.2. The number of anilines is 1. The van der Waals surface area contributed by atoms with Crippen LogP contribution in [0, 0.1) is 11.8 Å². The number of nitrogens with zero attached hydrogens (tertiary/aromatic N) is 2. The number of likely N-dealkylation sites (tertiary alicyclic amines) is 1. The van der Waals surface area contributed by atoms with Gasteiger partial charge in [-0.3, -0.25) is 14.7 Å². The summed E-state index contributed by atoms with van der Waals surface area (Å²) in [5, 5.41) is 19.8. The molecule has 1 aromatic heterocycles. The fourth-order valence-electron chi connectivity index (χ4n) is 3.54. The highest BCUT2D eigenvalue weighted by molar-refractivity contribution is 7.90. The molecule has 0 aliphatic carbocycles. The second-order valence-electron chi connectivity index (χ2n) is 7.49. The topological polar surface area (TPSA) is 132 Å². The van der Waals surface area contributed by atoms with E-state index in [-0.39, 0.29) is 30.0 Å². The molecule has 0 unspecified atom stereocenters. The van der Waals surface area contributed by atoms with Gasteiger partial charge in [-0.05, 0) is 24.6 Å². The Morgan fingerprint density at radius 2 is 2.20 bits per heavy atom. The van der Waals surface area contributed by atoms with Crippen LogP contribution in [0.1, 0.15) is 33.7 Å². The molecule has 3 N–H and O–H groups in total. The number of carbonyl (C=O) groups excluding carboxylic acids is 2. The Bertz CT molecular complexity index is 1210. The summed E-state index contributed by atoms with van der Waals surface area (Å²) < 4.78 is 23.5. The van der Waals surface area contributed by atoms with Gasteiger partial charge in [0.1, 0.15) is 0 Å². The summed E-state index contributed by atoms with van der Waals surface area (Å²) in [6, 6.07) is 6.70. The van der Waals surface area contributed by atoms with Crippen LogP contribution in [-0.4, -0.2) is 65.4 Å². The third kappa shape index (κ3) is 3.81. The molecule has 0 radical (unpaired) electrons. The van der Waals surface area contributed by atoms with Gasteiger partial charge in [-0.25, -0.2) is 8.42 Å². The Kier molecular flexibility index (Phi) is 4.88. The first kappa shape index (κ1) is 20.1. The fraction of sp³-hybridized carbons (Fsp3) is 0.350. The van der Waals surface area contributed by atoms with Crippen LogP contribution in [0.4, 0.5) is 5.69 Å². The maximum atomic E-state index is 12.6. The number of nitrogens with one attached hydrogen (secondary N) is 2. The summed E-state index contributed by atoms with van der Waals surface area (Å²) in [4.78, 5) is 26.1. The molecule has 1 saturated heterocycles. The van der Waals surface area contributed by atoms with Crippen molar-refractivity contribution < 1.29 is 23.1 Å². The second-order valence-corrected chi connectivity index (χ2v) is 9.68. The average Bonchev–Trinajstić information content (AvgIpc) is 3.22. The van der Waals surface area contributed by atoms with Crippen molar-refractivity contribution in [2.75, 3.05) is 24.7 Å². The second kappa shape index (κ2) is 7.27. The minimum absolute atomic E-state index is 0.0122. The molecule has 2 aliphatic rings. The number of rotatable bonds is 2. The molecule has 0 saturated carbocycles. The Hall–Kier alpha value is -3.16. The largest absolute Gasteiger partial charge is 0.369 e. The zero-order chi connectivity index (χ0) is 21.5. The van der Waals surface area contributed by atoms with Gasteiger partial charge in [0.05, 0.1) is 17.2 Å². The number of aromatic amines is 1. The molecule has 2 amide bonds. The van der Waals surface area contributed by atoms with Crippen molar-refractivity contribution in [3.63, 3.8) is 0 Å². The fourth-order valence-corrected chi connectivity index (χ4v) is 4.88. The lowest BCUT2D eigenvalue weighted by Gasteiger charge is -2.13. The van der Waals surface area contributed by atoms with E-state index in [1.165, 1.54) is 4.90 Å². The molecule has 0 bridgehead atoms. The minimum atomic E-state index is -3.16. The Morgan fingerprint density at radius 3 is 2.93 bits per heavy atom. The van der Waals surface area contributed by atoms with Crippen molar-refractivity contribution in [3.05, 3.63) is 46.8 Å². The third-order valence-electron chi connectivity index (χ3n) is 5.24. The van der Waals surface area contributed by atoms with Gasteiger partial charge in [0.2, 0.25) is 5.60 Å². The van der Waals surface area contributed by atoms with Gasteiger partial charge in [0.15, 0.2) is 15.5 Å². The molecule has 3 heterocycles. The Labute approximate surface area is 173 Å². The standard InChI is InChI=1S/C20H20N4O5S/c1-24-9-8-20(27,19(24)26)7-5-13-3-2-4-14(11-13)21-18(25)17-15-6-10-30(28,29)12-16(15)22-23-17/h2-4,11,27H,6,8-10,12H2,1H3,(H,21,25)(H,22,23)/t20-/m0/s1. The van der Waals surface area contributed by atoms with E-state index in [4.69, 9.17) is 0 Å². The van der Waals surface area contributed by atoms with Gasteiger partial charge >= 0.3 is 0 Å². The van der Waals surface area contributed by atoms with Crippen LogP contribution >= 0.6 is 0 Å². The lowest BCUT2D eigenvalue weighted by Crippen LogP contribution is -2.37. The summed E-state index contributed by atoms with van der Waals surface area (Å²) >= 11 is 0. The van der Waals surface area contributed by atoms with Gasteiger partial charge in [-0.2, -0.15) is 5.10 Å². The number of aliphatic hydroxyl groups is 1. The average molecular weight is 428 g/mol. The minimum Gasteiger partial charge on any atom is -0.369 e. The molecule has 2 aromatic rings. The number of benzene rings is 1. The van der Waals surface area contributed by atoms with Crippen molar-refractivity contribution in [1.29, 1.82) is 0 Å². The highest BCUT2D eigenvalue weighted by Crippen LogP contribution is 2.23. The summed E-state index contributed by atoms with van der Waals surface area (Å²) in [6.07, 6.45) is 0.481. The molecule has 0 spiro atoms. The van der Waals surface area contributed by atoms with E-state index in [1.807, 2.05) is 0 Å². The lowest BCUT2D eigenvalue weighted by molar-refractivity contribution is -0.137. The molecule has 2 aliphatic heterocycles. The van der Waals surface area contributed by atoms with Crippen LogP contribution in [0.3, 0.4) is 0 Å². The first-order chi connectivity index (χ1) is 14.2. The van der Waals surface area contributed by atoms with Gasteiger partial charge in [-0.15, -0.1) is 0 Å². The first-order valence-electron chi connectivity index (χ1n) is 9.36. The molecule has 4 rings (SSSR count). The number of aromatic nitrogens is 2. The smallest absolute Gasteiger partial charge is 0.276 e. The zero-order valence-corrected chi connectivity index (χ0v) is 17.0. The van der Waals surface area contributed by atoms with Crippen LogP contribution < -0.4 is 5.32 Å². The number of amides is 2. The Morgan fingerprint density at radius 1 is 1.40 bits per heavy atom. The molecule has 30 heavy (non-hydrogen) atoms. The number of H-pyrrole nitrogens is 1. The van der Waals surface area contributed by atoms with E-state index in [0.29, 0.717) is 29.1 Å². The maximum absolute atomic E-state index is 12.6. The Balaban J connectivity index is 1.51. The van der Waals surface area contributed by atoms with Gasteiger partial charge in [0.25, 0.3) is 11.8 Å². The van der Waals surface area contributed by atoms with Crippen LogP contribution in [0.15, 0.2) is 24.3 Å². The predicted octanol–water partition coefficient (Wildman–Crippen LogP) is 0.0776. The van der Waals surface area contributed by atoms with Crippen molar-refractivity contribution in [1.82, 2.24) is 15.1 Å². The molecular weight excluding hydrogens is 408 g/mol. The zero-order valence-electron chi connectivity index (χ0n) is 16.2. The number of hydrogen-bond acceptors (Lipinski definition) is 6. The van der Waals surface area contributed by atoms with Crippen LogP contribution in [0.2, 0.25) is 0 Å². The van der Waals surface area contributed by atoms with E-state index >= 15 is 0 Å². The van der Waals surface area contributed by atoms with Crippen LogP contribution in [0.25, 0.3) is 0 Å². The number of fused-ring (bicyclic) bond motifs is 1. The predicted molar refractivity (Wildman–Crippen MR) is 108 cm³/mol. The highest BCUT2D eigenvalue weighted by Gasteiger charge is 2.42. The quantitative estimate of drug-likeness (QED) is 0.580. The van der Waals surface area contributed by atoms with Gasteiger partial charge < -0.3 is 15.3 Å². The number of hydrogen-bond donors (Lipinski definition) is 3. The molecule has 9 nitrogen and oxygen atoms in total. The summed E-state index contributed by atoms with van der Waals surface area (Å²) in [5.74, 6) is 4.39. The number of sulfone groups is 1. The monoisotopic (exact) mass is 428 g/mol. The summed E-state index contributed by atoms with van der Waals surface area (Å²) in [6.45, 7) is 0.440. The summed E-state index contributed by atoms with van der Waals surface area (Å²) in [5.41, 5.74) is 0.537. The van der Waals surface area contributed by atoms with E-state index in [2.05, 4.69) is 27.4 Å². The molecule has 1 fully saturated rings. The molecule has 156 valence electrons. The SMILES string of the molecule is CN1CC[C@@](O)(C#Cc2cccc(NC(=O)c3n[nH]c4c3CCS(=O)(=O)C4)c2)C1=O. The molecule has 10 heteroatoms. The molecule has 1 atom stereocenters. The van der Waals surface area contributed by atoms with Crippen LogP contribution in [-0.2, 0) is 26.8 Å². The van der Waals surface area contributed by atoms with Gasteiger partial charge in [-0.1, -0.05) is 17.9 Å². The summed E-state index contributed by atoms with van der Waals surface area (Å²) in [7, 11) is -1.55. The lowest BCUT2D eigenvalue weighted by atomic mass is 10.0. The van der Waals surface area contributed by atoms with Crippen LogP contribution in [0.5, 0.6) is 0 Å². The van der Waals surface area contributed by atoms with E-state index in [0.717, 1.165) is 0 Å². The van der Waals surface area contributed by atoms with Crippen molar-refractivity contribution in [3.8, 4) is 11.8 Å². The maximum Gasteiger partial charge on any atom is 0.276 e. The van der Waals surface area contributed by atoms with Crippen molar-refractivity contribution >= 4 is 27.3 Å². The van der Waals surface area contributed by atoms with E-state index in [9.17, 15) is 23.1 Å². The molecular formula is C20H20N4O5S. The number of likely N-dealkylation sites (N-methyl/N-ethyl adjacent to an activating group) is 1. The molecule has 1 aromatic carbocycles. The van der Waals surface area contributed by atoms with Crippen molar-refractivity contribution in [2.24, 2.45) is 0 Å². The third-order valence-corrected chi connectivity index (χ3v) is 6.79.